The maximum atomic E-state index is 3.86. The highest BCUT2D eigenvalue weighted by Gasteiger charge is 2.43. The number of nitrogens with one attached hydrogen (secondary N) is 1. The molecule has 1 aromatic carbocycles. The van der Waals surface area contributed by atoms with Gasteiger partial charge >= 0.3 is 0 Å². The maximum Gasteiger partial charge on any atom is 0.0535 e. The first kappa shape index (κ1) is 15.1. The Labute approximate surface area is 129 Å². The number of benzene rings is 1. The second-order valence-corrected chi connectivity index (χ2v) is 7.43. The Bertz CT molecular complexity index is 454. The molecule has 2 aliphatic rings. The average Bonchev–Trinajstić information content (AvgIpc) is 3.33. The van der Waals surface area contributed by atoms with Crippen molar-refractivity contribution in [3.8, 4) is 0 Å². The molecule has 0 bridgehead atoms. The van der Waals surface area contributed by atoms with Gasteiger partial charge in [-0.05, 0) is 37.2 Å². The van der Waals surface area contributed by atoms with E-state index in [1.165, 1.54) is 31.4 Å². The summed E-state index contributed by atoms with van der Waals surface area (Å²) in [4.78, 5) is 2.79. The van der Waals surface area contributed by atoms with Crippen LogP contribution >= 0.6 is 0 Å². The fourth-order valence-electron chi connectivity index (χ4n) is 3.71. The molecule has 3 unspecified atom stereocenters. The van der Waals surface area contributed by atoms with Gasteiger partial charge < -0.3 is 5.32 Å². The lowest BCUT2D eigenvalue weighted by Crippen LogP contribution is -2.62. The number of rotatable bonds is 5. The van der Waals surface area contributed by atoms with Crippen molar-refractivity contribution < 1.29 is 0 Å². The number of nitrogens with zero attached hydrogens (tertiary/aromatic N) is 1. The van der Waals surface area contributed by atoms with Crippen LogP contribution in [0.5, 0.6) is 0 Å². The zero-order valence-electron chi connectivity index (χ0n) is 13.8. The van der Waals surface area contributed by atoms with Gasteiger partial charge in [0.2, 0.25) is 0 Å². The van der Waals surface area contributed by atoms with Gasteiger partial charge in [-0.3, -0.25) is 4.90 Å². The van der Waals surface area contributed by atoms with Crippen molar-refractivity contribution in [1.82, 2.24) is 10.2 Å². The molecule has 1 N–H and O–H groups in total. The van der Waals surface area contributed by atoms with Crippen molar-refractivity contribution in [3.05, 3.63) is 35.9 Å². The SMILES string of the molecule is CCC(C)CN1CC(C)(c2ccccc2)NCC1C1CC1. The van der Waals surface area contributed by atoms with E-state index >= 15 is 0 Å². The van der Waals surface area contributed by atoms with Crippen LogP contribution in [0, 0.1) is 11.8 Å². The molecule has 1 aliphatic heterocycles. The maximum absolute atomic E-state index is 3.86. The van der Waals surface area contributed by atoms with Crippen molar-refractivity contribution in [2.24, 2.45) is 11.8 Å². The topological polar surface area (TPSA) is 15.3 Å². The first-order valence-electron chi connectivity index (χ1n) is 8.67. The van der Waals surface area contributed by atoms with E-state index in [9.17, 15) is 0 Å². The molecular formula is C19H30N2. The van der Waals surface area contributed by atoms with Gasteiger partial charge in [0.25, 0.3) is 0 Å². The minimum atomic E-state index is 0.0973. The Hall–Kier alpha value is -0.860. The molecule has 3 atom stereocenters. The van der Waals surface area contributed by atoms with Gasteiger partial charge in [-0.1, -0.05) is 50.6 Å². The van der Waals surface area contributed by atoms with Crippen molar-refractivity contribution >= 4 is 0 Å². The molecule has 21 heavy (non-hydrogen) atoms. The predicted octanol–water partition coefficient (Wildman–Crippen LogP) is 3.63. The monoisotopic (exact) mass is 286 g/mol. The molecule has 1 saturated heterocycles. The summed E-state index contributed by atoms with van der Waals surface area (Å²) < 4.78 is 0. The van der Waals surface area contributed by atoms with Crippen molar-refractivity contribution in [2.75, 3.05) is 19.6 Å². The van der Waals surface area contributed by atoms with E-state index in [2.05, 4.69) is 61.3 Å². The van der Waals surface area contributed by atoms with Gasteiger partial charge in [0.05, 0.1) is 5.54 Å². The standard InChI is InChI=1S/C19H30N2/c1-4-15(2)13-21-14-19(3,17-8-6-5-7-9-17)20-12-18(21)16-10-11-16/h5-9,15-16,18,20H,4,10-14H2,1-3H3. The van der Waals surface area contributed by atoms with E-state index in [1.54, 1.807) is 0 Å². The molecule has 1 aliphatic carbocycles. The summed E-state index contributed by atoms with van der Waals surface area (Å²) >= 11 is 0. The summed E-state index contributed by atoms with van der Waals surface area (Å²) in [5, 5.41) is 3.86. The zero-order chi connectivity index (χ0) is 14.9. The molecule has 2 heteroatoms. The number of hydrogen-bond donors (Lipinski definition) is 1. The van der Waals surface area contributed by atoms with Crippen LogP contribution in [-0.2, 0) is 5.54 Å². The normalized spacial score (nSPS) is 32.0. The smallest absolute Gasteiger partial charge is 0.0535 e. The van der Waals surface area contributed by atoms with E-state index in [4.69, 9.17) is 0 Å². The third-order valence-corrected chi connectivity index (χ3v) is 5.51. The van der Waals surface area contributed by atoms with E-state index in [1.807, 2.05) is 0 Å². The van der Waals surface area contributed by atoms with Gasteiger partial charge in [-0.25, -0.2) is 0 Å². The van der Waals surface area contributed by atoms with Crippen LogP contribution in [0.2, 0.25) is 0 Å². The Morgan fingerprint density at radius 1 is 1.29 bits per heavy atom. The highest BCUT2D eigenvalue weighted by molar-refractivity contribution is 5.25. The fraction of sp³-hybridized carbons (Fsp3) is 0.684. The quantitative estimate of drug-likeness (QED) is 0.889. The first-order chi connectivity index (χ1) is 10.1. The summed E-state index contributed by atoms with van der Waals surface area (Å²) in [6.07, 6.45) is 4.15. The summed E-state index contributed by atoms with van der Waals surface area (Å²) in [6.45, 7) is 10.6. The summed E-state index contributed by atoms with van der Waals surface area (Å²) in [5.74, 6) is 1.74. The van der Waals surface area contributed by atoms with Crippen LogP contribution in [0.25, 0.3) is 0 Å². The first-order valence-corrected chi connectivity index (χ1v) is 8.67. The largest absolute Gasteiger partial charge is 0.305 e. The van der Waals surface area contributed by atoms with Gasteiger partial charge in [0.1, 0.15) is 0 Å². The number of piperazine rings is 1. The van der Waals surface area contributed by atoms with Gasteiger partial charge in [-0.15, -0.1) is 0 Å². The molecule has 0 aromatic heterocycles. The average molecular weight is 286 g/mol. The molecule has 0 amide bonds. The lowest BCUT2D eigenvalue weighted by Gasteiger charge is -2.47. The molecule has 0 radical (unpaired) electrons. The van der Waals surface area contributed by atoms with Crippen molar-refractivity contribution in [3.63, 3.8) is 0 Å². The predicted molar refractivity (Wildman–Crippen MR) is 89.3 cm³/mol. The zero-order valence-corrected chi connectivity index (χ0v) is 13.8. The lowest BCUT2D eigenvalue weighted by molar-refractivity contribution is 0.0609. The van der Waals surface area contributed by atoms with Crippen LogP contribution in [0.3, 0.4) is 0 Å². The highest BCUT2D eigenvalue weighted by atomic mass is 15.3. The molecule has 3 rings (SSSR count). The van der Waals surface area contributed by atoms with E-state index < -0.39 is 0 Å². The second-order valence-electron chi connectivity index (χ2n) is 7.43. The van der Waals surface area contributed by atoms with Gasteiger partial charge in [0.15, 0.2) is 0 Å². The third kappa shape index (κ3) is 3.32. The molecule has 116 valence electrons. The van der Waals surface area contributed by atoms with Crippen LogP contribution in [0.1, 0.15) is 45.6 Å². The van der Waals surface area contributed by atoms with E-state index in [0.717, 1.165) is 31.0 Å². The van der Waals surface area contributed by atoms with Crippen LogP contribution < -0.4 is 5.32 Å². The van der Waals surface area contributed by atoms with Crippen LogP contribution in [0.15, 0.2) is 30.3 Å². The minimum absolute atomic E-state index is 0.0973. The fourth-order valence-corrected chi connectivity index (χ4v) is 3.71. The Kier molecular flexibility index (Phi) is 4.37. The summed E-state index contributed by atoms with van der Waals surface area (Å²) in [5.41, 5.74) is 1.52. The van der Waals surface area contributed by atoms with Gasteiger partial charge in [0, 0.05) is 25.7 Å². The van der Waals surface area contributed by atoms with Gasteiger partial charge in [-0.2, -0.15) is 0 Å². The van der Waals surface area contributed by atoms with E-state index in [-0.39, 0.29) is 5.54 Å². The van der Waals surface area contributed by atoms with Crippen LogP contribution in [-0.4, -0.2) is 30.6 Å². The van der Waals surface area contributed by atoms with Crippen molar-refractivity contribution in [1.29, 1.82) is 0 Å². The Morgan fingerprint density at radius 2 is 2.00 bits per heavy atom. The molecule has 1 heterocycles. The summed E-state index contributed by atoms with van der Waals surface area (Å²) in [6, 6.07) is 11.7. The Morgan fingerprint density at radius 3 is 2.62 bits per heavy atom. The Balaban J connectivity index is 1.77. The molecular weight excluding hydrogens is 256 g/mol. The van der Waals surface area contributed by atoms with Crippen LogP contribution in [0.4, 0.5) is 0 Å². The van der Waals surface area contributed by atoms with E-state index in [0.29, 0.717) is 0 Å². The third-order valence-electron chi connectivity index (χ3n) is 5.51. The molecule has 2 fully saturated rings. The number of hydrogen-bond acceptors (Lipinski definition) is 2. The highest BCUT2D eigenvalue weighted by Crippen LogP contribution is 2.39. The molecule has 0 spiro atoms. The second kappa shape index (κ2) is 6.10. The minimum Gasteiger partial charge on any atom is -0.305 e. The molecule has 1 aromatic rings. The molecule has 2 nitrogen and oxygen atoms in total. The lowest BCUT2D eigenvalue weighted by atomic mass is 9.87. The molecule has 1 saturated carbocycles. The summed E-state index contributed by atoms with van der Waals surface area (Å²) in [7, 11) is 0. The van der Waals surface area contributed by atoms with Crippen molar-refractivity contribution in [2.45, 2.75) is 51.6 Å².